The van der Waals surface area contributed by atoms with Gasteiger partial charge in [0.1, 0.15) is 6.10 Å². The highest BCUT2D eigenvalue weighted by Gasteiger charge is 2.28. The Balaban J connectivity index is 1.50. The molecular weight excluding hydrogens is 296 g/mol. The molecule has 22 heavy (non-hydrogen) atoms. The smallest absolute Gasteiger partial charge is 0.230 e. The van der Waals surface area contributed by atoms with Crippen LogP contribution in [0.4, 0.5) is 0 Å². The normalized spacial score (nSPS) is 23.8. The molecule has 1 amide bonds. The molecular formula is C17H22N2O2S. The van der Waals surface area contributed by atoms with Crippen molar-refractivity contribution in [2.75, 3.05) is 11.5 Å². The highest BCUT2D eigenvalue weighted by molar-refractivity contribution is 8.00. The van der Waals surface area contributed by atoms with Gasteiger partial charge in [-0.2, -0.15) is 0 Å². The average molecular weight is 318 g/mol. The van der Waals surface area contributed by atoms with E-state index < -0.39 is 0 Å². The van der Waals surface area contributed by atoms with Gasteiger partial charge in [-0.15, -0.1) is 11.8 Å². The number of carbonyl (C=O) groups is 1. The Morgan fingerprint density at radius 2 is 2.09 bits per heavy atom. The van der Waals surface area contributed by atoms with Crippen molar-refractivity contribution in [3.8, 4) is 0 Å². The molecule has 1 N–H and O–H groups in total. The zero-order chi connectivity index (χ0) is 15.5. The Hall–Kier alpha value is -1.49. The summed E-state index contributed by atoms with van der Waals surface area (Å²) in [6.07, 6.45) is 2.33. The number of nitrogens with zero attached hydrogens (tertiary/aromatic N) is 1. The van der Waals surface area contributed by atoms with Crippen LogP contribution in [-0.2, 0) is 9.53 Å². The summed E-state index contributed by atoms with van der Waals surface area (Å²) in [4.78, 5) is 16.3. The molecule has 3 rings (SSSR count). The Kier molecular flexibility index (Phi) is 4.71. The average Bonchev–Trinajstić information content (AvgIpc) is 3.22. The molecule has 1 aromatic carbocycles. The fourth-order valence-electron chi connectivity index (χ4n) is 2.32. The summed E-state index contributed by atoms with van der Waals surface area (Å²) in [5, 5.41) is 3.00. The van der Waals surface area contributed by atoms with E-state index in [9.17, 15) is 4.79 Å². The summed E-state index contributed by atoms with van der Waals surface area (Å²) in [6, 6.07) is 8.77. The monoisotopic (exact) mass is 318 g/mol. The molecule has 1 heterocycles. The van der Waals surface area contributed by atoms with Crippen molar-refractivity contribution >= 4 is 23.6 Å². The van der Waals surface area contributed by atoms with Crippen LogP contribution in [0.15, 0.2) is 29.3 Å². The first-order chi connectivity index (χ1) is 10.6. The summed E-state index contributed by atoms with van der Waals surface area (Å²) in [5.74, 6) is 2.19. The summed E-state index contributed by atoms with van der Waals surface area (Å²) in [6.45, 7) is 4.11. The van der Waals surface area contributed by atoms with Gasteiger partial charge in [-0.05, 0) is 38.8 Å². The zero-order valence-electron chi connectivity index (χ0n) is 13.0. The van der Waals surface area contributed by atoms with E-state index in [0.29, 0.717) is 11.8 Å². The maximum Gasteiger partial charge on any atom is 0.230 e. The molecule has 4 nitrogen and oxygen atoms in total. The van der Waals surface area contributed by atoms with Crippen molar-refractivity contribution in [1.82, 2.24) is 5.32 Å². The van der Waals surface area contributed by atoms with Crippen LogP contribution in [0.1, 0.15) is 30.9 Å². The number of thioether (sulfide) groups is 1. The second kappa shape index (κ2) is 6.73. The van der Waals surface area contributed by atoms with Crippen molar-refractivity contribution in [2.24, 2.45) is 4.99 Å². The van der Waals surface area contributed by atoms with E-state index in [2.05, 4.69) is 29.4 Å². The molecule has 0 spiro atoms. The van der Waals surface area contributed by atoms with Crippen LogP contribution in [-0.4, -0.2) is 41.5 Å². The fourth-order valence-corrected chi connectivity index (χ4v) is 3.30. The minimum atomic E-state index is 0.0651. The third-order valence-electron chi connectivity index (χ3n) is 3.89. The van der Waals surface area contributed by atoms with Gasteiger partial charge < -0.3 is 10.1 Å². The molecule has 0 bridgehead atoms. The third-order valence-corrected chi connectivity index (χ3v) is 4.93. The Labute approximate surface area is 135 Å². The van der Waals surface area contributed by atoms with Gasteiger partial charge in [-0.25, -0.2) is 4.99 Å². The molecule has 0 radical (unpaired) electrons. The Morgan fingerprint density at radius 1 is 1.36 bits per heavy atom. The van der Waals surface area contributed by atoms with Crippen molar-refractivity contribution in [3.63, 3.8) is 0 Å². The maximum atomic E-state index is 11.7. The number of aliphatic imine (C=N–C) groups is 1. The molecule has 0 saturated heterocycles. The number of carbonyl (C=O) groups excluding carboxylic acids is 1. The number of aryl methyl sites for hydroxylation is 1. The molecule has 5 heteroatoms. The molecule has 1 aromatic rings. The van der Waals surface area contributed by atoms with E-state index in [1.807, 2.05) is 19.1 Å². The molecule has 1 aliphatic heterocycles. The molecule has 2 aliphatic rings. The highest BCUT2D eigenvalue weighted by Crippen LogP contribution is 2.22. The third kappa shape index (κ3) is 4.03. The quantitative estimate of drug-likeness (QED) is 0.877. The van der Waals surface area contributed by atoms with Gasteiger partial charge in [-0.3, -0.25) is 4.79 Å². The lowest BCUT2D eigenvalue weighted by Crippen LogP contribution is -2.28. The zero-order valence-corrected chi connectivity index (χ0v) is 13.9. The largest absolute Gasteiger partial charge is 0.472 e. The number of hydrogen-bond donors (Lipinski definition) is 1. The van der Waals surface area contributed by atoms with Crippen molar-refractivity contribution in [3.05, 3.63) is 35.4 Å². The highest BCUT2D eigenvalue weighted by atomic mass is 32.2. The number of rotatable bonds is 6. The van der Waals surface area contributed by atoms with Gasteiger partial charge in [-0.1, -0.05) is 17.7 Å². The standard InChI is InChI=1S/C17H22N2O2S/c1-11-3-5-13(6-4-11)17-19-15(12(2)21-17)9-22-10-16(20)18-14-7-8-14/h3-6,12,14-15H,7-10H2,1-2H3,(H,18,20). The first-order valence-electron chi connectivity index (χ1n) is 7.80. The lowest BCUT2D eigenvalue weighted by atomic mass is 10.1. The SMILES string of the molecule is Cc1ccc(C2=NC(CSCC(=O)NC3CC3)C(C)O2)cc1. The van der Waals surface area contributed by atoms with Crippen LogP contribution in [0.3, 0.4) is 0 Å². The van der Waals surface area contributed by atoms with Crippen LogP contribution in [0.2, 0.25) is 0 Å². The van der Waals surface area contributed by atoms with Gasteiger partial charge in [0, 0.05) is 17.4 Å². The van der Waals surface area contributed by atoms with E-state index in [1.165, 1.54) is 5.56 Å². The van der Waals surface area contributed by atoms with Gasteiger partial charge in [0.2, 0.25) is 11.8 Å². The summed E-state index contributed by atoms with van der Waals surface area (Å²) in [5.41, 5.74) is 2.25. The van der Waals surface area contributed by atoms with Crippen LogP contribution in [0, 0.1) is 6.92 Å². The minimum absolute atomic E-state index is 0.0651. The van der Waals surface area contributed by atoms with Crippen molar-refractivity contribution in [1.29, 1.82) is 0 Å². The fraction of sp³-hybridized carbons (Fsp3) is 0.529. The lowest BCUT2D eigenvalue weighted by Gasteiger charge is -2.12. The maximum absolute atomic E-state index is 11.7. The van der Waals surface area contributed by atoms with E-state index in [1.54, 1.807) is 11.8 Å². The Morgan fingerprint density at radius 3 is 2.77 bits per heavy atom. The van der Waals surface area contributed by atoms with E-state index in [0.717, 1.165) is 30.1 Å². The van der Waals surface area contributed by atoms with Crippen LogP contribution in [0.25, 0.3) is 0 Å². The van der Waals surface area contributed by atoms with Crippen LogP contribution in [0.5, 0.6) is 0 Å². The summed E-state index contributed by atoms with van der Waals surface area (Å²) >= 11 is 1.63. The first-order valence-corrected chi connectivity index (χ1v) is 8.96. The molecule has 2 atom stereocenters. The molecule has 1 saturated carbocycles. The van der Waals surface area contributed by atoms with E-state index in [4.69, 9.17) is 4.74 Å². The number of benzene rings is 1. The summed E-state index contributed by atoms with van der Waals surface area (Å²) in [7, 11) is 0. The number of ether oxygens (including phenoxy) is 1. The first kappa shape index (κ1) is 15.4. The van der Waals surface area contributed by atoms with Gasteiger partial charge in [0.05, 0.1) is 11.8 Å². The van der Waals surface area contributed by atoms with E-state index in [-0.39, 0.29) is 18.1 Å². The van der Waals surface area contributed by atoms with Gasteiger partial charge >= 0.3 is 0 Å². The Bertz CT molecular complexity index is 567. The van der Waals surface area contributed by atoms with Crippen LogP contribution >= 0.6 is 11.8 Å². The molecule has 1 aliphatic carbocycles. The van der Waals surface area contributed by atoms with E-state index >= 15 is 0 Å². The molecule has 0 aromatic heterocycles. The predicted molar refractivity (Wildman–Crippen MR) is 90.5 cm³/mol. The summed E-state index contributed by atoms with van der Waals surface area (Å²) < 4.78 is 5.87. The second-order valence-corrected chi connectivity index (χ2v) is 7.08. The molecule has 2 unspecified atom stereocenters. The van der Waals surface area contributed by atoms with Gasteiger partial charge in [0.25, 0.3) is 0 Å². The van der Waals surface area contributed by atoms with Crippen molar-refractivity contribution < 1.29 is 9.53 Å². The number of amides is 1. The number of hydrogen-bond acceptors (Lipinski definition) is 4. The minimum Gasteiger partial charge on any atom is -0.472 e. The van der Waals surface area contributed by atoms with Crippen molar-refractivity contribution in [2.45, 2.75) is 44.9 Å². The second-order valence-electron chi connectivity index (χ2n) is 6.05. The van der Waals surface area contributed by atoms with Crippen LogP contribution < -0.4 is 5.32 Å². The number of nitrogens with one attached hydrogen (secondary N) is 1. The molecule has 1 fully saturated rings. The molecule has 118 valence electrons. The predicted octanol–water partition coefficient (Wildman–Crippen LogP) is 2.54. The lowest BCUT2D eigenvalue weighted by molar-refractivity contribution is -0.118. The van der Waals surface area contributed by atoms with Gasteiger partial charge in [0.15, 0.2) is 0 Å². The topological polar surface area (TPSA) is 50.7 Å².